The van der Waals surface area contributed by atoms with E-state index in [1.54, 1.807) is 12.1 Å². The number of hydrogen-bond donors (Lipinski definition) is 0. The van der Waals surface area contributed by atoms with Crippen molar-refractivity contribution in [2.75, 3.05) is 0 Å². The second-order valence-corrected chi connectivity index (χ2v) is 35.5. The summed E-state index contributed by atoms with van der Waals surface area (Å²) in [6.07, 6.45) is 1.10. The van der Waals surface area contributed by atoms with Crippen LogP contribution in [0.4, 0.5) is 4.39 Å². The van der Waals surface area contributed by atoms with Gasteiger partial charge in [-0.25, -0.2) is 69.2 Å². The number of halogens is 2. The first-order valence-electron chi connectivity index (χ1n) is 48.0. The summed E-state index contributed by atoms with van der Waals surface area (Å²) in [6, 6.07) is 162. The predicted molar refractivity (Wildman–Crippen MR) is 593 cm³/mol. The number of aromatic nitrogens is 16. The molecule has 0 amide bonds. The van der Waals surface area contributed by atoms with Crippen LogP contribution in [0.1, 0.15) is 18.6 Å². The van der Waals surface area contributed by atoms with E-state index in [-0.39, 0.29) is 24.1 Å². The summed E-state index contributed by atoms with van der Waals surface area (Å²) in [7, 11) is 0. The average molecular weight is 1910 g/mol. The van der Waals surface area contributed by atoms with Crippen molar-refractivity contribution in [2.45, 2.75) is 13.8 Å². The standard InChI is InChI=1S/C56H35N7.C44H27FN6.C15H10ClN3.C13H10.CH4/c1-4-17-37(18-5-1)51-58-54(41-30-32-44-40(34-41)29-28-36-16-10-11-23-43(36)44)60-55(59-51)42-31-33-50(63-48-26-14-12-24-45(48)46-25-13-15-27-49(46)63)47(35-42)56-61-52(38-19-6-2-7-20-38)57-53(62-56)39-21-8-3-9-22-39;45-38-25-23-34(27-37(38)44-50-40(30-15-6-2-7-16-30)46-41(51-44)31-17-8-3-9-18-31)43-48-39(29-13-4-1-5-14-29)47-42(49-43)33-22-24-36-32(26-33)21-20-28-12-10-11-19-35(28)36;16-15-18-13(11-7-3-1-4-8-11)17-14(19-15)12-9-5-2-6-10-12;1-3-7-12-10(5-1)9-11-6-2-4-8-13(11)12;/h1-35H;1-27H;1-10H;1-8H,9H2;1H4. The Bertz CT molecular complexity index is 9100. The van der Waals surface area contributed by atoms with Crippen LogP contribution in [0.25, 0.3) is 241 Å². The number of rotatable bonds is 15. The van der Waals surface area contributed by atoms with E-state index >= 15 is 4.39 Å². The molecule has 27 rings (SSSR count). The summed E-state index contributed by atoms with van der Waals surface area (Å²) in [5.74, 6) is 6.61. The molecular formula is C129H86ClFN16. The first-order chi connectivity index (χ1) is 72.1. The third kappa shape index (κ3) is 19.1. The molecule has 6 heterocycles. The Morgan fingerprint density at radius 3 is 0.762 bits per heavy atom. The van der Waals surface area contributed by atoms with E-state index < -0.39 is 5.82 Å². The summed E-state index contributed by atoms with van der Waals surface area (Å²) in [5.41, 5.74) is 19.9. The molecule has 6 aromatic heterocycles. The Kier molecular flexibility index (Phi) is 25.5. The van der Waals surface area contributed by atoms with E-state index in [1.165, 1.54) is 55.3 Å². The molecule has 1 aliphatic carbocycles. The lowest BCUT2D eigenvalue weighted by Crippen LogP contribution is -2.05. The van der Waals surface area contributed by atoms with Crippen molar-refractivity contribution in [3.05, 3.63) is 508 Å². The van der Waals surface area contributed by atoms with E-state index in [2.05, 4.69) is 232 Å². The van der Waals surface area contributed by atoms with Gasteiger partial charge >= 0.3 is 0 Å². The molecule has 0 aliphatic heterocycles. The largest absolute Gasteiger partial charge is 0.309 e. The molecule has 0 saturated carbocycles. The van der Waals surface area contributed by atoms with Gasteiger partial charge in [-0.15, -0.1) is 0 Å². The Morgan fingerprint density at radius 1 is 0.177 bits per heavy atom. The minimum atomic E-state index is -0.470. The van der Waals surface area contributed by atoms with E-state index in [9.17, 15) is 0 Å². The Hall–Kier alpha value is -19.5. The topological polar surface area (TPSA) is 198 Å². The average Bonchev–Trinajstić information content (AvgIpc) is 1.60. The second kappa shape index (κ2) is 41.0. The van der Waals surface area contributed by atoms with E-state index in [4.69, 9.17) is 71.4 Å². The smallest absolute Gasteiger partial charge is 0.226 e. The zero-order chi connectivity index (χ0) is 97.6. The molecule has 0 bridgehead atoms. The van der Waals surface area contributed by atoms with Crippen LogP contribution in [0.3, 0.4) is 0 Å². The summed E-state index contributed by atoms with van der Waals surface area (Å²) in [4.78, 5) is 73.0. The van der Waals surface area contributed by atoms with Crippen LogP contribution in [0.5, 0.6) is 0 Å². The van der Waals surface area contributed by atoms with Crippen molar-refractivity contribution in [3.8, 4) is 176 Å². The van der Waals surface area contributed by atoms with Crippen molar-refractivity contribution < 1.29 is 4.39 Å². The maximum atomic E-state index is 15.8. The van der Waals surface area contributed by atoms with Crippen LogP contribution in [-0.2, 0) is 6.42 Å². The van der Waals surface area contributed by atoms with E-state index in [0.29, 0.717) is 81.3 Å². The fourth-order valence-corrected chi connectivity index (χ4v) is 19.0. The van der Waals surface area contributed by atoms with E-state index in [0.717, 1.165) is 117 Å². The van der Waals surface area contributed by atoms with Gasteiger partial charge in [-0.1, -0.05) is 432 Å². The van der Waals surface area contributed by atoms with Gasteiger partial charge in [-0.05, 0) is 144 Å². The number of para-hydroxylation sites is 2. The highest BCUT2D eigenvalue weighted by Crippen LogP contribution is 2.43. The molecule has 0 unspecified atom stereocenters. The summed E-state index contributed by atoms with van der Waals surface area (Å²) >= 11 is 5.99. The minimum Gasteiger partial charge on any atom is -0.309 e. The zero-order valence-electron chi connectivity index (χ0n) is 78.3. The maximum absolute atomic E-state index is 15.8. The number of hydrogen-bond acceptors (Lipinski definition) is 15. The Morgan fingerprint density at radius 2 is 0.415 bits per heavy atom. The SMILES string of the molecule is C.Clc1nc(-c2ccccc2)nc(-c2ccccc2)n1.Fc1ccc(-c2nc(-c3ccccc3)nc(-c3ccc4c(ccc5ccccc54)c3)n2)cc1-c1nc(-c2ccccc2)nc(-c2ccccc2)n1.c1ccc(-c2nc(-c3ccc(-n4c5ccccc5c5ccccc54)c(-c4nc(-c5ccccc5)nc(-c5ccccc5)n4)c3)nc(-c3ccc4c(ccc5ccccc54)c3)n2)cc1.c1ccc2c(c1)Cc1ccccc1-2. The molecule has 0 atom stereocenters. The fourth-order valence-electron chi connectivity index (χ4n) is 18.8. The fraction of sp³-hybridized carbons (Fsp3) is 0.0155. The third-order valence-electron chi connectivity index (χ3n) is 25.9. The number of benzene rings is 20. The zero-order valence-corrected chi connectivity index (χ0v) is 79.1. The number of fused-ring (bicyclic) bond motifs is 12. The monoisotopic (exact) mass is 1910 g/mol. The molecule has 147 heavy (non-hydrogen) atoms. The number of nitrogens with zero attached hydrogens (tertiary/aromatic N) is 16. The molecule has 26 aromatic rings. The highest BCUT2D eigenvalue weighted by Gasteiger charge is 2.26. The molecular weight excluding hydrogens is 1830 g/mol. The van der Waals surface area contributed by atoms with Gasteiger partial charge in [-0.3, -0.25) is 0 Å². The molecule has 0 saturated heterocycles. The third-order valence-corrected chi connectivity index (χ3v) is 26.1. The van der Waals surface area contributed by atoms with Crippen LogP contribution < -0.4 is 0 Å². The lowest BCUT2D eigenvalue weighted by Gasteiger charge is -2.16. The van der Waals surface area contributed by atoms with Crippen molar-refractivity contribution >= 4 is 76.5 Å². The second-order valence-electron chi connectivity index (χ2n) is 35.1. The quantitative estimate of drug-likeness (QED) is 0.0878. The molecule has 16 nitrogen and oxygen atoms in total. The van der Waals surface area contributed by atoms with Gasteiger partial charge in [0, 0.05) is 83.1 Å². The van der Waals surface area contributed by atoms with Gasteiger partial charge in [0.2, 0.25) is 5.28 Å². The first kappa shape index (κ1) is 91.3. The summed E-state index contributed by atoms with van der Waals surface area (Å²) < 4.78 is 18.1. The van der Waals surface area contributed by atoms with Crippen molar-refractivity contribution in [1.82, 2.24) is 79.3 Å². The molecule has 20 aromatic carbocycles. The van der Waals surface area contributed by atoms with Crippen LogP contribution in [0.2, 0.25) is 5.28 Å². The van der Waals surface area contributed by atoms with Crippen molar-refractivity contribution in [3.63, 3.8) is 0 Å². The molecule has 0 N–H and O–H groups in total. The summed E-state index contributed by atoms with van der Waals surface area (Å²) in [6.45, 7) is 0. The van der Waals surface area contributed by atoms with Gasteiger partial charge in [0.1, 0.15) is 5.82 Å². The van der Waals surface area contributed by atoms with Crippen molar-refractivity contribution in [1.29, 1.82) is 0 Å². The van der Waals surface area contributed by atoms with E-state index in [1.807, 2.05) is 255 Å². The first-order valence-corrected chi connectivity index (χ1v) is 48.4. The minimum absolute atomic E-state index is 0. The highest BCUT2D eigenvalue weighted by atomic mass is 35.5. The van der Waals surface area contributed by atoms with Gasteiger partial charge < -0.3 is 4.57 Å². The predicted octanol–water partition coefficient (Wildman–Crippen LogP) is 31.7. The van der Waals surface area contributed by atoms with Gasteiger partial charge in [0.05, 0.1) is 22.3 Å². The molecule has 18 heteroatoms. The van der Waals surface area contributed by atoms with Gasteiger partial charge in [0.15, 0.2) is 81.5 Å². The van der Waals surface area contributed by atoms with Gasteiger partial charge in [-0.2, -0.15) is 9.97 Å². The van der Waals surface area contributed by atoms with Crippen LogP contribution >= 0.6 is 11.6 Å². The summed E-state index contributed by atoms with van der Waals surface area (Å²) in [5, 5.41) is 11.8. The maximum Gasteiger partial charge on any atom is 0.226 e. The van der Waals surface area contributed by atoms with Crippen molar-refractivity contribution in [2.24, 2.45) is 0 Å². The molecule has 1 aliphatic rings. The molecule has 0 radical (unpaired) electrons. The Labute approximate surface area is 852 Å². The lowest BCUT2D eigenvalue weighted by atomic mass is 10.00. The van der Waals surface area contributed by atoms with Gasteiger partial charge in [0.25, 0.3) is 0 Å². The highest BCUT2D eigenvalue weighted by molar-refractivity contribution is 6.28. The normalized spacial score (nSPS) is 11.3. The Balaban J connectivity index is 0.000000125. The molecule has 0 spiro atoms. The van der Waals surface area contributed by atoms with Crippen LogP contribution in [0.15, 0.2) is 485 Å². The lowest BCUT2D eigenvalue weighted by molar-refractivity contribution is 0.630. The van der Waals surface area contributed by atoms with Crippen LogP contribution in [-0.4, -0.2) is 79.3 Å². The molecule has 0 fully saturated rings. The molecule has 696 valence electrons. The van der Waals surface area contributed by atoms with Crippen LogP contribution in [0, 0.1) is 5.82 Å².